The Hall–Kier alpha value is -3.97. The first-order valence-electron chi connectivity index (χ1n) is 21.6. The maximum absolute atomic E-state index is 16.3. The number of fused-ring (bicyclic) bond motifs is 2. The van der Waals surface area contributed by atoms with Crippen LogP contribution in [-0.2, 0) is 47.9 Å². The van der Waals surface area contributed by atoms with Gasteiger partial charge in [-0.15, -0.1) is 11.3 Å². The minimum absolute atomic E-state index is 0.132. The molecule has 1 saturated carbocycles. The van der Waals surface area contributed by atoms with Crippen LogP contribution < -0.4 is 5.32 Å². The van der Waals surface area contributed by atoms with E-state index >= 15 is 8.78 Å². The second-order valence-electron chi connectivity index (χ2n) is 19.1. The second kappa shape index (κ2) is 19.0. The molecule has 1 aliphatic carbocycles. The summed E-state index contributed by atoms with van der Waals surface area (Å²) in [5.74, 6) is -2.12. The lowest BCUT2D eigenvalue weighted by molar-refractivity contribution is -0.163. The van der Waals surface area contributed by atoms with Gasteiger partial charge in [0, 0.05) is 22.8 Å². The van der Waals surface area contributed by atoms with Gasteiger partial charge in [-0.25, -0.2) is 6.57 Å². The number of hydrogen-bond acceptors (Lipinski definition) is 11. The van der Waals surface area contributed by atoms with E-state index in [1.807, 2.05) is 0 Å². The van der Waals surface area contributed by atoms with Gasteiger partial charge in [-0.3, -0.25) is 37.6 Å². The summed E-state index contributed by atoms with van der Waals surface area (Å²) in [6.07, 6.45) is 9.42. The number of esters is 2. The summed E-state index contributed by atoms with van der Waals surface area (Å²) in [5.41, 5.74) is -7.21. The molecule has 0 radical (unpaired) electrons. The van der Waals surface area contributed by atoms with E-state index in [1.165, 1.54) is 60.1 Å². The highest BCUT2D eigenvalue weighted by Gasteiger charge is 2.56. The zero-order valence-electron chi connectivity index (χ0n) is 36.4. The predicted molar refractivity (Wildman–Crippen MR) is 227 cm³/mol. The summed E-state index contributed by atoms with van der Waals surface area (Å²) >= 11 is 1.01. The lowest BCUT2D eigenvalue weighted by atomic mass is 9.78. The minimum Gasteiger partial charge on any atom is -0.438 e. The Bertz CT molecular complexity index is 2070. The molecule has 3 aliphatic heterocycles. The van der Waals surface area contributed by atoms with Gasteiger partial charge >= 0.3 is 25.2 Å². The Morgan fingerprint density at radius 2 is 1.47 bits per heavy atom. The average molecular weight is 905 g/mol. The predicted octanol–water partition coefficient (Wildman–Crippen LogP) is 8.63. The van der Waals surface area contributed by atoms with Crippen molar-refractivity contribution in [3.05, 3.63) is 46.1 Å². The van der Waals surface area contributed by atoms with Crippen molar-refractivity contribution in [2.45, 2.75) is 142 Å². The third-order valence-corrected chi connectivity index (χ3v) is 15.4. The molecule has 18 heteroatoms. The van der Waals surface area contributed by atoms with Crippen LogP contribution in [-0.4, -0.2) is 90.3 Å². The zero-order chi connectivity index (χ0) is 45.2. The van der Waals surface area contributed by atoms with Crippen molar-refractivity contribution in [2.75, 3.05) is 26.7 Å². The standard InChI is InChI=1S/C44H59F2N4O10PS/c1-42(2,3)40(54)57-25-59-61(56,60-26-58-41(55)43(4,5)6)44(45,46)29-17-20-35-28(21-29)22-36(62-35)37(51)48-32-16-12-11-15-30-18-19-34(50(30)38(32)52)39(53)49-23-31(33(24-49)47-7)27-13-9-8-10-14-27/h17,20-22,27,30-34H,8-16,18-19,23-26H2,1-6H3,(H,48,51)/t30?,31-,32+,33+,34+/m1/s1. The van der Waals surface area contributed by atoms with Gasteiger partial charge in [0.15, 0.2) is 0 Å². The molecule has 5 atom stereocenters. The Morgan fingerprint density at radius 1 is 0.855 bits per heavy atom. The molecule has 3 saturated heterocycles. The maximum atomic E-state index is 16.3. The summed E-state index contributed by atoms with van der Waals surface area (Å²) in [6.45, 7) is 15.7. The molecule has 14 nitrogen and oxygen atoms in total. The quantitative estimate of drug-likeness (QED) is 0.0945. The van der Waals surface area contributed by atoms with Crippen molar-refractivity contribution < 1.29 is 55.8 Å². The van der Waals surface area contributed by atoms with Crippen LogP contribution in [0.4, 0.5) is 8.78 Å². The SMILES string of the molecule is [C-]#[N+][C@H]1CN(C(=O)[C@@H]2CCC3CCCC[C@H](NC(=O)c4cc5cc(C(F)(F)P(=O)(OCOC(=O)C(C)(C)C)OCOC(=O)C(C)(C)C)ccc5s4)C(=O)N32)C[C@@H]1C1CCCCC1. The number of amides is 3. The van der Waals surface area contributed by atoms with Gasteiger partial charge in [0.1, 0.15) is 12.1 Å². The number of hydrogen-bond donors (Lipinski definition) is 1. The maximum Gasteiger partial charge on any atom is 0.410 e. The van der Waals surface area contributed by atoms with Crippen LogP contribution in [0.2, 0.25) is 0 Å². The summed E-state index contributed by atoms with van der Waals surface area (Å²) in [4.78, 5) is 74.6. The molecular formula is C44H59F2N4O10PS. The van der Waals surface area contributed by atoms with Crippen LogP contribution in [0.15, 0.2) is 24.3 Å². The van der Waals surface area contributed by atoms with Crippen molar-refractivity contribution in [1.29, 1.82) is 0 Å². The highest BCUT2D eigenvalue weighted by molar-refractivity contribution is 7.54. The van der Waals surface area contributed by atoms with Crippen molar-refractivity contribution in [1.82, 2.24) is 15.1 Å². The number of carbonyl (C=O) groups is 5. The molecular weight excluding hydrogens is 846 g/mol. The van der Waals surface area contributed by atoms with Crippen molar-refractivity contribution >= 4 is 58.7 Å². The second-order valence-corrected chi connectivity index (χ2v) is 22.2. The molecule has 4 fully saturated rings. The number of ether oxygens (including phenoxy) is 2. The van der Waals surface area contributed by atoms with Crippen LogP contribution in [0.1, 0.15) is 127 Å². The van der Waals surface area contributed by atoms with E-state index in [-0.39, 0.29) is 40.1 Å². The molecule has 4 heterocycles. The molecule has 6 rings (SSSR count). The Kier molecular flexibility index (Phi) is 14.6. The normalized spacial score (nSPS) is 24.2. The highest BCUT2D eigenvalue weighted by atomic mass is 32.1. The fourth-order valence-electron chi connectivity index (χ4n) is 8.93. The van der Waals surface area contributed by atoms with Gasteiger partial charge in [0.2, 0.25) is 31.4 Å². The van der Waals surface area contributed by atoms with E-state index in [2.05, 4.69) is 10.2 Å². The molecule has 0 spiro atoms. The number of alkyl halides is 2. The minimum atomic E-state index is -5.58. The molecule has 1 N–H and O–H groups in total. The molecule has 1 aromatic carbocycles. The van der Waals surface area contributed by atoms with Gasteiger partial charge in [0.05, 0.1) is 28.2 Å². The third-order valence-electron chi connectivity index (χ3n) is 12.5. The molecule has 1 aromatic heterocycles. The fraction of sp³-hybridized carbons (Fsp3) is 0.682. The Morgan fingerprint density at radius 3 is 2.08 bits per heavy atom. The van der Waals surface area contributed by atoms with E-state index in [1.54, 1.807) is 9.80 Å². The van der Waals surface area contributed by atoms with Crippen molar-refractivity contribution in [3.8, 4) is 0 Å². The molecule has 3 amide bonds. The topological polar surface area (TPSA) is 162 Å². The first-order valence-corrected chi connectivity index (χ1v) is 23.9. The molecule has 0 bridgehead atoms. The summed E-state index contributed by atoms with van der Waals surface area (Å²) < 4.78 is 66.8. The summed E-state index contributed by atoms with van der Waals surface area (Å²) in [5, 5.41) is 3.08. The molecule has 62 heavy (non-hydrogen) atoms. The third kappa shape index (κ3) is 10.4. The van der Waals surface area contributed by atoms with Gasteiger partial charge in [0.25, 0.3) is 5.91 Å². The number of thiophene rings is 1. The number of rotatable bonds is 12. The van der Waals surface area contributed by atoms with Crippen LogP contribution in [0.5, 0.6) is 0 Å². The van der Waals surface area contributed by atoms with Gasteiger partial charge in [-0.1, -0.05) is 38.2 Å². The molecule has 4 aliphatic rings. The summed E-state index contributed by atoms with van der Waals surface area (Å²) in [6, 6.07) is 2.76. The lowest BCUT2D eigenvalue weighted by Gasteiger charge is -2.36. The van der Waals surface area contributed by atoms with Gasteiger partial charge in [-0.2, -0.15) is 8.78 Å². The van der Waals surface area contributed by atoms with Crippen LogP contribution >= 0.6 is 18.9 Å². The van der Waals surface area contributed by atoms with E-state index < -0.39 is 73.2 Å². The number of nitrogens with zero attached hydrogens (tertiary/aromatic N) is 3. The number of nitrogens with one attached hydrogen (secondary N) is 1. The smallest absolute Gasteiger partial charge is 0.410 e. The summed E-state index contributed by atoms with van der Waals surface area (Å²) in [7, 11) is -5.58. The number of likely N-dealkylation sites (tertiary alicyclic amines) is 1. The van der Waals surface area contributed by atoms with E-state index in [4.69, 9.17) is 25.1 Å². The molecule has 340 valence electrons. The molecule has 1 unspecified atom stereocenters. The van der Waals surface area contributed by atoms with E-state index in [9.17, 15) is 28.5 Å². The van der Waals surface area contributed by atoms with Crippen molar-refractivity contribution in [3.63, 3.8) is 0 Å². The monoisotopic (exact) mass is 904 g/mol. The Labute approximate surface area is 366 Å². The fourth-order valence-corrected chi connectivity index (χ4v) is 11.1. The Balaban J connectivity index is 1.17. The number of benzene rings is 1. The van der Waals surface area contributed by atoms with Crippen LogP contribution in [0.25, 0.3) is 14.9 Å². The average Bonchev–Trinajstić information content (AvgIpc) is 3.97. The first kappa shape index (κ1) is 47.5. The first-order chi connectivity index (χ1) is 29.1. The number of halogens is 2. The number of carbonyl (C=O) groups excluding carboxylic acids is 5. The lowest BCUT2D eigenvalue weighted by Crippen LogP contribution is -2.56. The van der Waals surface area contributed by atoms with E-state index in [0.29, 0.717) is 49.4 Å². The van der Waals surface area contributed by atoms with Crippen LogP contribution in [0.3, 0.4) is 0 Å². The van der Waals surface area contributed by atoms with Crippen LogP contribution in [0, 0.1) is 29.2 Å². The highest BCUT2D eigenvalue weighted by Crippen LogP contribution is 2.67. The van der Waals surface area contributed by atoms with E-state index in [0.717, 1.165) is 62.0 Å². The zero-order valence-corrected chi connectivity index (χ0v) is 38.1. The van der Waals surface area contributed by atoms with Gasteiger partial charge in [-0.05, 0) is 110 Å². The molecule has 2 aromatic rings. The van der Waals surface area contributed by atoms with Gasteiger partial charge < -0.3 is 29.4 Å². The van der Waals surface area contributed by atoms with Crippen molar-refractivity contribution in [2.24, 2.45) is 22.7 Å². The largest absolute Gasteiger partial charge is 0.438 e.